The number of aliphatic hydroxyl groups is 1. The lowest BCUT2D eigenvalue weighted by molar-refractivity contribution is -0.152. The Bertz CT molecular complexity index is 1600. The molecular weight excluding hydrogens is 660 g/mol. The second-order valence-electron chi connectivity index (χ2n) is 12.3. The highest BCUT2D eigenvalue weighted by molar-refractivity contribution is 7.85. The summed E-state index contributed by atoms with van der Waals surface area (Å²) in [5.74, 6) is -2.19. The first-order chi connectivity index (χ1) is 23.2. The number of ether oxygens (including phenoxy) is 7. The lowest BCUT2D eigenvalue weighted by Gasteiger charge is -2.26. The van der Waals surface area contributed by atoms with E-state index in [0.29, 0.717) is 17.5 Å². The summed E-state index contributed by atoms with van der Waals surface area (Å²) in [7, 11) is -2.34. The van der Waals surface area contributed by atoms with E-state index in [2.05, 4.69) is 4.18 Å². The maximum Gasteiger partial charge on any atom is 0.342 e. The summed E-state index contributed by atoms with van der Waals surface area (Å²) in [5, 5.41) is 10.2. The Morgan fingerprint density at radius 3 is 2.49 bits per heavy atom. The molecule has 0 bridgehead atoms. The van der Waals surface area contributed by atoms with Gasteiger partial charge in [-0.05, 0) is 57.0 Å². The molecule has 1 fully saturated rings. The number of carbonyl (C=O) groups excluding carboxylic acids is 2. The monoisotopic (exact) mass is 704 g/mol. The fourth-order valence-electron chi connectivity index (χ4n) is 5.13. The highest BCUT2D eigenvalue weighted by Gasteiger charge is 2.45. The van der Waals surface area contributed by atoms with E-state index in [4.69, 9.17) is 33.2 Å². The summed E-state index contributed by atoms with van der Waals surface area (Å²) in [6.07, 6.45) is 4.23. The summed E-state index contributed by atoms with van der Waals surface area (Å²) < 4.78 is 68.3. The number of rotatable bonds is 11. The van der Waals surface area contributed by atoms with Crippen molar-refractivity contribution in [1.82, 2.24) is 0 Å². The number of fused-ring (bicyclic) bond motifs is 2. The average molecular weight is 705 g/mol. The van der Waals surface area contributed by atoms with Crippen molar-refractivity contribution >= 4 is 28.1 Å². The van der Waals surface area contributed by atoms with E-state index in [-0.39, 0.29) is 36.4 Å². The van der Waals surface area contributed by atoms with Crippen molar-refractivity contribution in [2.45, 2.75) is 70.4 Å². The number of aliphatic hydroxyl groups excluding tert-OH is 1. The normalized spacial score (nSPS) is 24.6. The van der Waals surface area contributed by atoms with Crippen LogP contribution in [0.3, 0.4) is 0 Å². The van der Waals surface area contributed by atoms with Gasteiger partial charge in [0.2, 0.25) is 0 Å². The molecule has 1 saturated heterocycles. The van der Waals surface area contributed by atoms with Crippen LogP contribution in [0.1, 0.15) is 60.4 Å². The molecule has 6 atom stereocenters. The first-order valence-electron chi connectivity index (χ1n) is 15.8. The van der Waals surface area contributed by atoms with Gasteiger partial charge >= 0.3 is 11.9 Å². The third-order valence-corrected chi connectivity index (χ3v) is 8.23. The Morgan fingerprint density at radius 2 is 1.80 bits per heavy atom. The van der Waals surface area contributed by atoms with Crippen molar-refractivity contribution in [3.63, 3.8) is 0 Å². The molecule has 0 radical (unpaired) electrons. The zero-order valence-electron chi connectivity index (χ0n) is 28.4. The molecule has 2 heterocycles. The summed E-state index contributed by atoms with van der Waals surface area (Å²) in [4.78, 5) is 26.9. The fraction of sp³-hybridized carbons (Fsp3) is 0.486. The number of benzene rings is 2. The van der Waals surface area contributed by atoms with E-state index in [9.17, 15) is 23.1 Å². The maximum atomic E-state index is 13.7. The van der Waals surface area contributed by atoms with Crippen LogP contribution in [-0.2, 0) is 38.0 Å². The van der Waals surface area contributed by atoms with Crippen molar-refractivity contribution in [2.24, 2.45) is 5.92 Å². The third-order valence-electron chi connectivity index (χ3n) is 7.66. The van der Waals surface area contributed by atoms with E-state index in [0.717, 1.165) is 6.26 Å². The first-order valence-corrected chi connectivity index (χ1v) is 17.6. The first kappa shape index (κ1) is 38.0. The summed E-state index contributed by atoms with van der Waals surface area (Å²) in [6, 6.07) is 11.7. The number of carbonyl (C=O) groups is 2. The number of hydrogen-bond donors (Lipinski definition) is 1. The molecule has 268 valence electrons. The average Bonchev–Trinajstić information content (AvgIpc) is 3.36. The number of esters is 2. The molecule has 49 heavy (non-hydrogen) atoms. The molecule has 0 aromatic heterocycles. The van der Waals surface area contributed by atoms with E-state index in [1.165, 1.54) is 13.2 Å². The van der Waals surface area contributed by atoms with Gasteiger partial charge in [-0.3, -0.25) is 4.18 Å². The topological polar surface area (TPSA) is 162 Å². The van der Waals surface area contributed by atoms with Crippen LogP contribution in [0.25, 0.3) is 6.08 Å². The molecule has 13 nitrogen and oxygen atoms in total. The van der Waals surface area contributed by atoms with Crippen LogP contribution >= 0.6 is 0 Å². The fourth-order valence-corrected chi connectivity index (χ4v) is 5.54. The molecular formula is C35H44O13S. The molecule has 2 aliphatic heterocycles. The smallest absolute Gasteiger partial charge is 0.342 e. The van der Waals surface area contributed by atoms with Gasteiger partial charge in [0.15, 0.2) is 12.6 Å². The molecule has 0 spiro atoms. The van der Waals surface area contributed by atoms with Crippen LogP contribution in [0.4, 0.5) is 0 Å². The van der Waals surface area contributed by atoms with Gasteiger partial charge in [-0.1, -0.05) is 43.4 Å². The van der Waals surface area contributed by atoms with Gasteiger partial charge in [0.1, 0.15) is 48.1 Å². The predicted octanol–water partition coefficient (Wildman–Crippen LogP) is 4.29. The highest BCUT2D eigenvalue weighted by Crippen LogP contribution is 2.36. The van der Waals surface area contributed by atoms with Gasteiger partial charge in [-0.25, -0.2) is 9.59 Å². The second kappa shape index (κ2) is 16.7. The SMILES string of the molecule is COCOc1cc(OCC(O)COS(C)(=O)=O)cc2c1C(=O)O[C@@H](C)[C@H](C)C=CC(OC(=O)c1ccccc1)C1OC(C)(C)O[C@H]1CC=C2. The van der Waals surface area contributed by atoms with Gasteiger partial charge in [0.25, 0.3) is 10.1 Å². The summed E-state index contributed by atoms with van der Waals surface area (Å²) >= 11 is 0. The van der Waals surface area contributed by atoms with Crippen molar-refractivity contribution in [3.05, 3.63) is 77.4 Å². The van der Waals surface area contributed by atoms with Crippen LogP contribution in [-0.4, -0.2) is 95.1 Å². The van der Waals surface area contributed by atoms with Crippen LogP contribution < -0.4 is 9.47 Å². The minimum absolute atomic E-state index is 0.0979. The van der Waals surface area contributed by atoms with E-state index >= 15 is 0 Å². The van der Waals surface area contributed by atoms with Gasteiger partial charge in [-0.15, -0.1) is 0 Å². The van der Waals surface area contributed by atoms with Gasteiger partial charge < -0.3 is 38.3 Å². The second-order valence-corrected chi connectivity index (χ2v) is 13.9. The van der Waals surface area contributed by atoms with Crippen molar-refractivity contribution in [2.75, 3.05) is 33.4 Å². The van der Waals surface area contributed by atoms with Gasteiger partial charge in [-0.2, -0.15) is 8.42 Å². The summed E-state index contributed by atoms with van der Waals surface area (Å²) in [6.45, 7) is 6.15. The Labute approximate surface area is 286 Å². The minimum atomic E-state index is -3.76. The molecule has 0 saturated carbocycles. The number of methoxy groups -OCH3 is 1. The Kier molecular flexibility index (Phi) is 13.0. The van der Waals surface area contributed by atoms with Crippen LogP contribution in [0.2, 0.25) is 0 Å². The molecule has 14 heteroatoms. The third kappa shape index (κ3) is 11.1. The lowest BCUT2D eigenvalue weighted by Crippen LogP contribution is -2.37. The Hall–Kier alpha value is -3.79. The molecule has 1 N–H and O–H groups in total. The molecule has 2 aliphatic rings. The minimum Gasteiger partial charge on any atom is -0.491 e. The maximum absolute atomic E-state index is 13.7. The zero-order chi connectivity index (χ0) is 35.8. The van der Waals surface area contributed by atoms with Crippen LogP contribution in [0.15, 0.2) is 60.7 Å². The largest absolute Gasteiger partial charge is 0.491 e. The molecule has 4 rings (SSSR count). The van der Waals surface area contributed by atoms with Crippen LogP contribution in [0.5, 0.6) is 11.5 Å². The molecule has 3 unspecified atom stereocenters. The molecule has 0 aliphatic carbocycles. The van der Waals surface area contributed by atoms with Crippen LogP contribution in [0, 0.1) is 5.92 Å². The molecule has 2 aromatic carbocycles. The number of cyclic esters (lactones) is 1. The van der Waals surface area contributed by atoms with Gasteiger partial charge in [0.05, 0.1) is 24.5 Å². The van der Waals surface area contributed by atoms with E-state index in [1.807, 2.05) is 19.1 Å². The number of hydrogen-bond acceptors (Lipinski definition) is 13. The predicted molar refractivity (Wildman–Crippen MR) is 178 cm³/mol. The van der Waals surface area contributed by atoms with E-state index in [1.54, 1.807) is 69.3 Å². The van der Waals surface area contributed by atoms with Crippen molar-refractivity contribution in [1.29, 1.82) is 0 Å². The Balaban J connectivity index is 1.70. The molecule has 0 amide bonds. The zero-order valence-corrected chi connectivity index (χ0v) is 29.2. The standard InChI is InChI=1S/C35H44O13S/c1-22-15-16-28(46-33(37)24-11-8-7-9-12-24)32-29(47-35(3,4)48-32)14-10-13-25-17-27(42-19-26(36)20-44-49(6,39)40)18-30(43-21-41-5)31(25)34(38)45-23(22)2/h7-13,15-18,22-23,26,28-29,32,36H,14,19-21H2,1-6H3/t22-,23+,26?,28?,29+,32?/m1/s1. The summed E-state index contributed by atoms with van der Waals surface area (Å²) in [5.41, 5.74) is 0.860. The highest BCUT2D eigenvalue weighted by atomic mass is 32.2. The Morgan fingerprint density at radius 1 is 1.06 bits per heavy atom. The molecule has 2 aromatic rings. The quantitative estimate of drug-likeness (QED) is 0.153. The lowest BCUT2D eigenvalue weighted by atomic mass is 9.98. The van der Waals surface area contributed by atoms with Gasteiger partial charge in [0, 0.05) is 19.1 Å². The van der Waals surface area contributed by atoms with E-state index < -0.39 is 65.0 Å². The van der Waals surface area contributed by atoms with Crippen molar-refractivity contribution < 1.29 is 60.5 Å². The van der Waals surface area contributed by atoms with Crippen molar-refractivity contribution in [3.8, 4) is 11.5 Å².